The molecule has 1 heterocycles. The first kappa shape index (κ1) is 16.8. The number of alkyl halides is 3. The summed E-state index contributed by atoms with van der Waals surface area (Å²) in [5.41, 5.74) is 0.0728. The summed E-state index contributed by atoms with van der Waals surface area (Å²) in [6, 6.07) is 0.831. The monoisotopic (exact) mass is 337 g/mol. The molecule has 1 aliphatic carbocycles. The first-order valence-electron chi connectivity index (χ1n) is 6.50. The number of carbonyl (C=O) groups excluding carboxylic acids is 1. The fraction of sp³-hybridized carbons (Fsp3) is 0.538. The van der Waals surface area contributed by atoms with Gasteiger partial charge in [-0.3, -0.25) is 4.79 Å². The van der Waals surface area contributed by atoms with Crippen molar-refractivity contribution in [3.05, 3.63) is 21.4 Å². The van der Waals surface area contributed by atoms with Crippen LogP contribution in [0.3, 0.4) is 0 Å². The Hall–Kier alpha value is -1.61. The molecule has 0 spiro atoms. The minimum Gasteiger partial charge on any atom is -0.477 e. The van der Waals surface area contributed by atoms with Crippen molar-refractivity contribution in [2.45, 2.75) is 38.1 Å². The van der Waals surface area contributed by atoms with Crippen LogP contribution in [0.2, 0.25) is 0 Å². The molecule has 1 fully saturated rings. The van der Waals surface area contributed by atoms with Crippen LogP contribution in [0.15, 0.2) is 6.07 Å². The fourth-order valence-corrected chi connectivity index (χ4v) is 2.88. The van der Waals surface area contributed by atoms with Crippen molar-refractivity contribution < 1.29 is 33.0 Å². The van der Waals surface area contributed by atoms with Crippen LogP contribution in [-0.4, -0.2) is 51.9 Å². The SMILES string of the molecule is Cc1sc(C(=O)O)cc1C(=O)N(CC(O)C(F)(F)F)C1CC1. The lowest BCUT2D eigenvalue weighted by molar-refractivity contribution is -0.206. The van der Waals surface area contributed by atoms with E-state index in [1.54, 1.807) is 0 Å². The number of nitrogens with zero attached hydrogens (tertiary/aromatic N) is 1. The quantitative estimate of drug-likeness (QED) is 0.864. The standard InChI is InChI=1S/C13H14F3NO4S/c1-6-8(4-9(22-6)12(20)21)11(19)17(7-2-3-7)5-10(18)13(14,15)16/h4,7,10,18H,2-3,5H2,1H3,(H,20,21). The van der Waals surface area contributed by atoms with Crippen molar-refractivity contribution >= 4 is 23.2 Å². The second-order valence-corrected chi connectivity index (χ2v) is 6.39. The maximum atomic E-state index is 12.5. The molecule has 22 heavy (non-hydrogen) atoms. The van der Waals surface area contributed by atoms with Gasteiger partial charge in [-0.2, -0.15) is 13.2 Å². The van der Waals surface area contributed by atoms with E-state index in [9.17, 15) is 27.9 Å². The van der Waals surface area contributed by atoms with Crippen LogP contribution in [0.1, 0.15) is 37.7 Å². The number of aliphatic hydroxyl groups is 1. The maximum absolute atomic E-state index is 12.5. The second-order valence-electron chi connectivity index (χ2n) is 5.13. The van der Waals surface area contributed by atoms with Gasteiger partial charge in [0.15, 0.2) is 6.10 Å². The summed E-state index contributed by atoms with van der Waals surface area (Å²) in [6.45, 7) is 0.695. The average molecular weight is 337 g/mol. The highest BCUT2D eigenvalue weighted by Crippen LogP contribution is 2.32. The largest absolute Gasteiger partial charge is 0.477 e. The Kier molecular flexibility index (Phi) is 4.48. The Bertz CT molecular complexity index is 595. The van der Waals surface area contributed by atoms with E-state index in [-0.39, 0.29) is 16.5 Å². The lowest BCUT2D eigenvalue weighted by atomic mass is 10.2. The molecule has 1 unspecified atom stereocenters. The van der Waals surface area contributed by atoms with Crippen molar-refractivity contribution in [3.8, 4) is 0 Å². The third kappa shape index (κ3) is 3.58. The Morgan fingerprint density at radius 1 is 1.45 bits per heavy atom. The van der Waals surface area contributed by atoms with Gasteiger partial charge >= 0.3 is 12.1 Å². The van der Waals surface area contributed by atoms with Crippen LogP contribution in [0.5, 0.6) is 0 Å². The van der Waals surface area contributed by atoms with Crippen LogP contribution >= 0.6 is 11.3 Å². The van der Waals surface area contributed by atoms with Gasteiger partial charge in [0, 0.05) is 10.9 Å². The molecule has 0 saturated heterocycles. The summed E-state index contributed by atoms with van der Waals surface area (Å²) in [7, 11) is 0. The number of hydrogen-bond acceptors (Lipinski definition) is 4. The van der Waals surface area contributed by atoms with Crippen molar-refractivity contribution in [3.63, 3.8) is 0 Å². The molecule has 0 aromatic carbocycles. The van der Waals surface area contributed by atoms with Crippen LogP contribution in [0, 0.1) is 6.92 Å². The van der Waals surface area contributed by atoms with Gasteiger partial charge in [0.2, 0.25) is 0 Å². The number of thiophene rings is 1. The topological polar surface area (TPSA) is 77.8 Å². The van der Waals surface area contributed by atoms with Crippen LogP contribution in [-0.2, 0) is 0 Å². The van der Waals surface area contributed by atoms with E-state index in [1.807, 2.05) is 0 Å². The smallest absolute Gasteiger partial charge is 0.416 e. The molecule has 1 atom stereocenters. The van der Waals surface area contributed by atoms with Crippen molar-refractivity contribution in [2.24, 2.45) is 0 Å². The zero-order chi connectivity index (χ0) is 16.7. The third-order valence-corrected chi connectivity index (χ3v) is 4.39. The number of carboxylic acid groups (broad SMARTS) is 1. The zero-order valence-corrected chi connectivity index (χ0v) is 12.4. The Morgan fingerprint density at radius 2 is 2.05 bits per heavy atom. The van der Waals surface area contributed by atoms with Gasteiger partial charge in [-0.15, -0.1) is 11.3 Å². The molecule has 2 rings (SSSR count). The summed E-state index contributed by atoms with van der Waals surface area (Å²) in [6.07, 6.45) is -6.27. The van der Waals surface area contributed by atoms with E-state index < -0.39 is 30.7 Å². The summed E-state index contributed by atoms with van der Waals surface area (Å²) >= 11 is 0.893. The first-order chi connectivity index (χ1) is 10.1. The molecule has 5 nitrogen and oxygen atoms in total. The summed E-state index contributed by atoms with van der Waals surface area (Å²) in [4.78, 5) is 24.7. The predicted molar refractivity (Wildman–Crippen MR) is 72.1 cm³/mol. The molecule has 0 aliphatic heterocycles. The number of aliphatic hydroxyl groups excluding tert-OH is 1. The molecule has 1 aromatic rings. The molecule has 0 bridgehead atoms. The number of amides is 1. The number of aromatic carboxylic acids is 1. The number of carbonyl (C=O) groups is 2. The molecule has 1 amide bonds. The minimum atomic E-state index is -4.80. The van der Waals surface area contributed by atoms with Gasteiger partial charge in [-0.05, 0) is 25.8 Å². The second kappa shape index (κ2) is 5.88. The van der Waals surface area contributed by atoms with E-state index in [4.69, 9.17) is 5.11 Å². The van der Waals surface area contributed by atoms with Crippen LogP contribution in [0.4, 0.5) is 13.2 Å². The van der Waals surface area contributed by atoms with E-state index in [0.717, 1.165) is 16.2 Å². The number of rotatable bonds is 5. The van der Waals surface area contributed by atoms with Gasteiger partial charge in [-0.1, -0.05) is 0 Å². The van der Waals surface area contributed by atoms with Gasteiger partial charge in [0.05, 0.1) is 12.1 Å². The summed E-state index contributed by atoms with van der Waals surface area (Å²) in [5.74, 6) is -1.87. The van der Waals surface area contributed by atoms with Gasteiger partial charge < -0.3 is 15.1 Å². The molecule has 1 aromatic heterocycles. The lowest BCUT2D eigenvalue weighted by Crippen LogP contribution is -2.44. The summed E-state index contributed by atoms with van der Waals surface area (Å²) in [5, 5.41) is 18.1. The van der Waals surface area contributed by atoms with Gasteiger partial charge in [0.1, 0.15) is 4.88 Å². The molecular formula is C13H14F3NO4S. The van der Waals surface area contributed by atoms with Crippen molar-refractivity contribution in [1.29, 1.82) is 0 Å². The first-order valence-corrected chi connectivity index (χ1v) is 7.32. The molecule has 2 N–H and O–H groups in total. The maximum Gasteiger partial charge on any atom is 0.416 e. The Labute approximate surface area is 128 Å². The molecular weight excluding hydrogens is 323 g/mol. The van der Waals surface area contributed by atoms with E-state index in [1.165, 1.54) is 13.0 Å². The van der Waals surface area contributed by atoms with Gasteiger partial charge in [-0.25, -0.2) is 4.79 Å². The zero-order valence-electron chi connectivity index (χ0n) is 11.6. The predicted octanol–water partition coefficient (Wildman–Crippen LogP) is 2.28. The molecule has 0 radical (unpaired) electrons. The van der Waals surface area contributed by atoms with Crippen LogP contribution in [0.25, 0.3) is 0 Å². The number of aryl methyl sites for hydroxylation is 1. The molecule has 1 aliphatic rings. The minimum absolute atomic E-state index is 0.0482. The fourth-order valence-electron chi connectivity index (χ4n) is 2.03. The van der Waals surface area contributed by atoms with Crippen molar-refractivity contribution in [2.75, 3.05) is 6.54 Å². The van der Waals surface area contributed by atoms with E-state index >= 15 is 0 Å². The third-order valence-electron chi connectivity index (χ3n) is 3.35. The molecule has 1 saturated carbocycles. The summed E-state index contributed by atoms with van der Waals surface area (Å²) < 4.78 is 37.5. The number of carboxylic acids is 1. The number of halogens is 3. The highest BCUT2D eigenvalue weighted by atomic mass is 32.1. The number of hydrogen-bond donors (Lipinski definition) is 2. The molecule has 122 valence electrons. The highest BCUT2D eigenvalue weighted by Gasteiger charge is 2.43. The van der Waals surface area contributed by atoms with E-state index in [0.29, 0.717) is 17.7 Å². The van der Waals surface area contributed by atoms with Crippen molar-refractivity contribution in [1.82, 2.24) is 4.90 Å². The van der Waals surface area contributed by atoms with Crippen LogP contribution < -0.4 is 0 Å². The normalized spacial score (nSPS) is 16.4. The average Bonchev–Trinajstić information content (AvgIpc) is 3.15. The highest BCUT2D eigenvalue weighted by molar-refractivity contribution is 7.14. The Balaban J connectivity index is 2.22. The Morgan fingerprint density at radius 3 is 2.45 bits per heavy atom. The van der Waals surface area contributed by atoms with E-state index in [2.05, 4.69) is 0 Å². The lowest BCUT2D eigenvalue weighted by Gasteiger charge is -2.26. The van der Waals surface area contributed by atoms with Gasteiger partial charge in [0.25, 0.3) is 5.91 Å². The molecule has 9 heteroatoms.